The highest BCUT2D eigenvalue weighted by atomic mass is 15.5. The van der Waals surface area contributed by atoms with E-state index in [9.17, 15) is 0 Å². The van der Waals surface area contributed by atoms with Crippen LogP contribution in [0.1, 0.15) is 18.7 Å². The molecule has 0 saturated heterocycles. The first-order valence-corrected chi connectivity index (χ1v) is 6.10. The fourth-order valence-corrected chi connectivity index (χ4v) is 2.21. The van der Waals surface area contributed by atoms with Crippen molar-refractivity contribution in [3.8, 4) is 5.69 Å². The molecule has 0 spiro atoms. The van der Waals surface area contributed by atoms with Gasteiger partial charge in [0.15, 0.2) is 5.82 Å². The van der Waals surface area contributed by atoms with Gasteiger partial charge in [-0.15, -0.1) is 5.10 Å². The molecule has 0 radical (unpaired) electrons. The van der Waals surface area contributed by atoms with Gasteiger partial charge in [-0.2, -0.15) is 4.68 Å². The predicted molar refractivity (Wildman–Crippen MR) is 68.5 cm³/mol. The summed E-state index contributed by atoms with van der Waals surface area (Å²) in [7, 11) is 0. The largest absolute Gasteiger partial charge is 0.382 e. The third-order valence-electron chi connectivity index (χ3n) is 3.26. The standard InChI is InChI=1S/C12H16N6/c1-8-15-16-17-18(8)12-4-2-3-10(7-12)14-11-5-9(13)6-11/h2-4,7,9,11,14H,5-6,13H2,1H3. The van der Waals surface area contributed by atoms with Crippen molar-refractivity contribution in [2.24, 2.45) is 5.73 Å². The number of aryl methyl sites for hydroxylation is 1. The fraction of sp³-hybridized carbons (Fsp3) is 0.417. The van der Waals surface area contributed by atoms with Crippen molar-refractivity contribution in [3.63, 3.8) is 0 Å². The highest BCUT2D eigenvalue weighted by Gasteiger charge is 2.25. The first kappa shape index (κ1) is 11.2. The number of hydrogen-bond acceptors (Lipinski definition) is 5. The van der Waals surface area contributed by atoms with E-state index >= 15 is 0 Å². The number of tetrazole rings is 1. The molecule has 0 unspecified atom stereocenters. The van der Waals surface area contributed by atoms with Crippen LogP contribution in [-0.2, 0) is 0 Å². The van der Waals surface area contributed by atoms with Crippen LogP contribution in [0.25, 0.3) is 5.69 Å². The Morgan fingerprint density at radius 2 is 2.22 bits per heavy atom. The lowest BCUT2D eigenvalue weighted by atomic mass is 9.87. The number of benzene rings is 1. The first-order valence-electron chi connectivity index (χ1n) is 6.10. The van der Waals surface area contributed by atoms with E-state index in [2.05, 4.69) is 20.8 Å². The number of hydrogen-bond donors (Lipinski definition) is 2. The summed E-state index contributed by atoms with van der Waals surface area (Å²) in [5, 5.41) is 15.0. The van der Waals surface area contributed by atoms with Crippen molar-refractivity contribution in [3.05, 3.63) is 30.1 Å². The topological polar surface area (TPSA) is 81.7 Å². The van der Waals surface area contributed by atoms with E-state index in [0.717, 1.165) is 30.0 Å². The Labute approximate surface area is 105 Å². The van der Waals surface area contributed by atoms with Crippen LogP contribution in [0.4, 0.5) is 5.69 Å². The molecule has 3 N–H and O–H groups in total. The number of nitrogens with two attached hydrogens (primary N) is 1. The summed E-state index contributed by atoms with van der Waals surface area (Å²) in [4.78, 5) is 0. The summed E-state index contributed by atoms with van der Waals surface area (Å²) in [6.07, 6.45) is 2.07. The van der Waals surface area contributed by atoms with E-state index in [1.807, 2.05) is 31.2 Å². The Hall–Kier alpha value is -1.95. The number of rotatable bonds is 3. The molecule has 1 aliphatic rings. The van der Waals surface area contributed by atoms with Gasteiger partial charge in [0, 0.05) is 17.8 Å². The zero-order chi connectivity index (χ0) is 12.5. The van der Waals surface area contributed by atoms with Crippen molar-refractivity contribution in [1.82, 2.24) is 20.2 Å². The molecule has 6 nitrogen and oxygen atoms in total. The molecular weight excluding hydrogens is 228 g/mol. The third-order valence-corrected chi connectivity index (χ3v) is 3.26. The van der Waals surface area contributed by atoms with Crippen molar-refractivity contribution in [2.75, 3.05) is 5.32 Å². The van der Waals surface area contributed by atoms with E-state index in [-0.39, 0.29) is 0 Å². The van der Waals surface area contributed by atoms with Gasteiger partial charge >= 0.3 is 0 Å². The smallest absolute Gasteiger partial charge is 0.153 e. The molecule has 1 fully saturated rings. The Morgan fingerprint density at radius 3 is 2.89 bits per heavy atom. The quantitative estimate of drug-likeness (QED) is 0.837. The minimum absolute atomic E-state index is 0.354. The number of nitrogens with one attached hydrogen (secondary N) is 1. The van der Waals surface area contributed by atoms with Crippen molar-refractivity contribution in [2.45, 2.75) is 31.8 Å². The summed E-state index contributed by atoms with van der Waals surface area (Å²) < 4.78 is 1.72. The lowest BCUT2D eigenvalue weighted by molar-refractivity contribution is 0.373. The Morgan fingerprint density at radius 1 is 1.39 bits per heavy atom. The maximum Gasteiger partial charge on any atom is 0.153 e. The van der Waals surface area contributed by atoms with Gasteiger partial charge in [0.2, 0.25) is 0 Å². The van der Waals surface area contributed by atoms with Gasteiger partial charge in [0.25, 0.3) is 0 Å². The molecule has 1 aromatic heterocycles. The molecule has 0 amide bonds. The molecule has 0 aliphatic heterocycles. The van der Waals surface area contributed by atoms with Gasteiger partial charge in [-0.1, -0.05) is 6.07 Å². The van der Waals surface area contributed by atoms with Crippen LogP contribution in [0.2, 0.25) is 0 Å². The van der Waals surface area contributed by atoms with E-state index in [1.54, 1.807) is 4.68 Å². The van der Waals surface area contributed by atoms with E-state index < -0.39 is 0 Å². The monoisotopic (exact) mass is 244 g/mol. The zero-order valence-corrected chi connectivity index (χ0v) is 10.2. The van der Waals surface area contributed by atoms with E-state index in [0.29, 0.717) is 12.1 Å². The molecule has 0 atom stereocenters. The normalized spacial score (nSPS) is 22.6. The van der Waals surface area contributed by atoms with Crippen molar-refractivity contribution < 1.29 is 0 Å². The SMILES string of the molecule is Cc1nnnn1-c1cccc(NC2CC(N)C2)c1. The second-order valence-electron chi connectivity index (χ2n) is 4.76. The minimum atomic E-state index is 0.354. The lowest BCUT2D eigenvalue weighted by Gasteiger charge is -2.33. The average molecular weight is 244 g/mol. The molecule has 1 heterocycles. The molecule has 6 heteroatoms. The van der Waals surface area contributed by atoms with Gasteiger partial charge in [-0.25, -0.2) is 0 Å². The fourth-order valence-electron chi connectivity index (χ4n) is 2.21. The summed E-state index contributed by atoms with van der Waals surface area (Å²) in [5.74, 6) is 0.776. The van der Waals surface area contributed by atoms with Crippen molar-refractivity contribution >= 4 is 5.69 Å². The van der Waals surface area contributed by atoms with E-state index in [1.165, 1.54) is 0 Å². The lowest BCUT2D eigenvalue weighted by Crippen LogP contribution is -2.44. The number of anilines is 1. The summed E-state index contributed by atoms with van der Waals surface area (Å²) in [5.41, 5.74) is 7.83. The Kier molecular flexibility index (Phi) is 2.71. The maximum atomic E-state index is 5.78. The summed E-state index contributed by atoms with van der Waals surface area (Å²) in [6, 6.07) is 8.93. The van der Waals surface area contributed by atoms with Gasteiger partial charge in [0.05, 0.1) is 5.69 Å². The molecule has 94 valence electrons. The van der Waals surface area contributed by atoms with Crippen LogP contribution in [0.15, 0.2) is 24.3 Å². The van der Waals surface area contributed by atoms with Gasteiger partial charge < -0.3 is 11.1 Å². The van der Waals surface area contributed by atoms with Gasteiger partial charge in [-0.05, 0) is 48.4 Å². The van der Waals surface area contributed by atoms with E-state index in [4.69, 9.17) is 5.73 Å². The summed E-state index contributed by atoms with van der Waals surface area (Å²) >= 11 is 0. The second-order valence-corrected chi connectivity index (χ2v) is 4.76. The average Bonchev–Trinajstić information content (AvgIpc) is 2.74. The molecule has 2 aromatic rings. The highest BCUT2D eigenvalue weighted by Crippen LogP contribution is 2.23. The Bertz CT molecular complexity index is 543. The second kappa shape index (κ2) is 4.38. The predicted octanol–water partition coefficient (Wildman–Crippen LogP) is 0.872. The number of aromatic nitrogens is 4. The molecule has 18 heavy (non-hydrogen) atoms. The molecular formula is C12H16N6. The highest BCUT2D eigenvalue weighted by molar-refractivity contribution is 5.51. The Balaban J connectivity index is 1.79. The minimum Gasteiger partial charge on any atom is -0.382 e. The first-order chi connectivity index (χ1) is 8.72. The van der Waals surface area contributed by atoms with Crippen LogP contribution < -0.4 is 11.1 Å². The summed E-state index contributed by atoms with van der Waals surface area (Å²) in [6.45, 7) is 1.88. The third kappa shape index (κ3) is 2.06. The van der Waals surface area contributed by atoms with Gasteiger partial charge in [0.1, 0.15) is 0 Å². The molecule has 0 bridgehead atoms. The van der Waals surface area contributed by atoms with Crippen LogP contribution >= 0.6 is 0 Å². The van der Waals surface area contributed by atoms with Gasteiger partial charge in [-0.3, -0.25) is 0 Å². The van der Waals surface area contributed by atoms with Crippen LogP contribution in [0, 0.1) is 6.92 Å². The number of nitrogens with zero attached hydrogens (tertiary/aromatic N) is 4. The molecule has 1 saturated carbocycles. The van der Waals surface area contributed by atoms with Crippen LogP contribution in [0.5, 0.6) is 0 Å². The molecule has 3 rings (SSSR count). The maximum absolute atomic E-state index is 5.78. The van der Waals surface area contributed by atoms with Crippen molar-refractivity contribution in [1.29, 1.82) is 0 Å². The van der Waals surface area contributed by atoms with Crippen LogP contribution in [0.3, 0.4) is 0 Å². The van der Waals surface area contributed by atoms with Crippen LogP contribution in [-0.4, -0.2) is 32.3 Å². The molecule has 1 aromatic carbocycles. The molecule has 1 aliphatic carbocycles. The zero-order valence-electron chi connectivity index (χ0n) is 10.2.